The molecule has 0 N–H and O–H groups in total. The van der Waals surface area contributed by atoms with Crippen LogP contribution in [0.4, 0.5) is 18.0 Å². The van der Waals surface area contributed by atoms with Crippen LogP contribution in [-0.2, 0) is 9.47 Å². The van der Waals surface area contributed by atoms with Gasteiger partial charge in [-0.25, -0.2) is 13.6 Å². The zero-order chi connectivity index (χ0) is 8.65. The minimum absolute atomic E-state index is 0.997. The molecule has 1 saturated heterocycles. The first-order valence-electron chi connectivity index (χ1n) is 2.83. The molecule has 11 heavy (non-hydrogen) atoms. The number of hydrogen-bond acceptors (Lipinski definition) is 3. The first kappa shape index (κ1) is 8.16. The molecule has 1 aliphatic heterocycles. The highest BCUT2D eigenvalue weighted by atomic mass is 19.3. The summed E-state index contributed by atoms with van der Waals surface area (Å²) >= 11 is 0. The number of hydrogen-bond donors (Lipinski definition) is 0. The van der Waals surface area contributed by atoms with Gasteiger partial charge in [0.25, 0.3) is 0 Å². The predicted molar refractivity (Wildman–Crippen MR) is 26.9 cm³/mol. The van der Waals surface area contributed by atoms with Crippen LogP contribution in [0.15, 0.2) is 0 Å². The standard InChI is InChI=1S/C5H5F3O3/c1-2-5(8,3(6)7)11-4(9)10-2/h2-3H,1H3. The molecule has 1 aliphatic rings. The molecule has 1 heterocycles. The smallest absolute Gasteiger partial charge is 0.424 e. The van der Waals surface area contributed by atoms with Crippen molar-refractivity contribution in [3.05, 3.63) is 0 Å². The van der Waals surface area contributed by atoms with Gasteiger partial charge in [-0.15, -0.1) is 0 Å². The lowest BCUT2D eigenvalue weighted by Gasteiger charge is -2.17. The van der Waals surface area contributed by atoms with E-state index in [0.717, 1.165) is 6.92 Å². The van der Waals surface area contributed by atoms with Crippen molar-refractivity contribution in [3.63, 3.8) is 0 Å². The van der Waals surface area contributed by atoms with Crippen molar-refractivity contribution in [1.29, 1.82) is 0 Å². The molecular weight excluding hydrogens is 165 g/mol. The van der Waals surface area contributed by atoms with E-state index in [1.807, 2.05) is 0 Å². The largest absolute Gasteiger partial charge is 0.511 e. The molecule has 2 atom stereocenters. The highest BCUT2D eigenvalue weighted by Crippen LogP contribution is 2.34. The van der Waals surface area contributed by atoms with Crippen LogP contribution in [0.5, 0.6) is 0 Å². The van der Waals surface area contributed by atoms with Gasteiger partial charge in [0.1, 0.15) is 0 Å². The van der Waals surface area contributed by atoms with Crippen LogP contribution in [0.2, 0.25) is 0 Å². The van der Waals surface area contributed by atoms with Crippen LogP contribution in [0.1, 0.15) is 6.92 Å². The van der Waals surface area contributed by atoms with Crippen molar-refractivity contribution in [2.75, 3.05) is 0 Å². The first-order valence-corrected chi connectivity index (χ1v) is 2.83. The monoisotopic (exact) mass is 170 g/mol. The van der Waals surface area contributed by atoms with Crippen LogP contribution in [0.25, 0.3) is 0 Å². The third-order valence-electron chi connectivity index (χ3n) is 1.36. The molecule has 0 bridgehead atoms. The van der Waals surface area contributed by atoms with Crippen molar-refractivity contribution >= 4 is 6.16 Å². The molecular formula is C5H5F3O3. The van der Waals surface area contributed by atoms with Gasteiger partial charge in [0.05, 0.1) is 0 Å². The maximum absolute atomic E-state index is 12.8. The Morgan fingerprint density at radius 3 is 2.36 bits per heavy atom. The highest BCUT2D eigenvalue weighted by Gasteiger charge is 2.57. The molecule has 0 aromatic carbocycles. The normalized spacial score (nSPS) is 37.2. The SMILES string of the molecule is CC1OC(=O)OC1(F)C(F)F. The van der Waals surface area contributed by atoms with E-state index in [1.165, 1.54) is 0 Å². The van der Waals surface area contributed by atoms with Gasteiger partial charge in [-0.1, -0.05) is 0 Å². The lowest BCUT2D eigenvalue weighted by atomic mass is 10.2. The summed E-state index contributed by atoms with van der Waals surface area (Å²) in [7, 11) is 0. The summed E-state index contributed by atoms with van der Waals surface area (Å²) in [5.74, 6) is -3.28. The van der Waals surface area contributed by atoms with E-state index in [1.54, 1.807) is 0 Å². The van der Waals surface area contributed by atoms with Crippen LogP contribution < -0.4 is 0 Å². The number of carbonyl (C=O) groups excluding carboxylic acids is 1. The van der Waals surface area contributed by atoms with Crippen molar-refractivity contribution in [3.8, 4) is 0 Å². The van der Waals surface area contributed by atoms with Gasteiger partial charge in [-0.05, 0) is 6.92 Å². The van der Waals surface area contributed by atoms with Crippen molar-refractivity contribution in [2.45, 2.75) is 25.3 Å². The van der Waals surface area contributed by atoms with E-state index in [4.69, 9.17) is 0 Å². The molecule has 6 heteroatoms. The molecule has 0 aromatic heterocycles. The molecule has 0 aliphatic carbocycles. The van der Waals surface area contributed by atoms with E-state index in [2.05, 4.69) is 9.47 Å². The molecule has 2 unspecified atom stereocenters. The summed E-state index contributed by atoms with van der Waals surface area (Å²) in [4.78, 5) is 10.2. The van der Waals surface area contributed by atoms with Crippen molar-refractivity contribution < 1.29 is 27.4 Å². The van der Waals surface area contributed by atoms with Gasteiger partial charge >= 0.3 is 18.4 Å². The lowest BCUT2D eigenvalue weighted by molar-refractivity contribution is -0.182. The maximum Gasteiger partial charge on any atom is 0.511 e. The average Bonchev–Trinajstić information content (AvgIpc) is 2.08. The third-order valence-corrected chi connectivity index (χ3v) is 1.36. The Labute approximate surface area is 60.1 Å². The number of halogens is 3. The molecule has 0 spiro atoms. The van der Waals surface area contributed by atoms with Gasteiger partial charge in [0.15, 0.2) is 6.10 Å². The second kappa shape index (κ2) is 2.28. The van der Waals surface area contributed by atoms with E-state index < -0.39 is 24.5 Å². The summed E-state index contributed by atoms with van der Waals surface area (Å²) < 4.78 is 44.1. The fraction of sp³-hybridized carbons (Fsp3) is 0.800. The molecule has 64 valence electrons. The molecule has 0 aromatic rings. The van der Waals surface area contributed by atoms with Crippen LogP contribution in [-0.4, -0.2) is 24.5 Å². The number of alkyl halides is 3. The summed E-state index contributed by atoms with van der Waals surface area (Å²) in [6.07, 6.45) is -6.35. The Morgan fingerprint density at radius 1 is 1.64 bits per heavy atom. The Morgan fingerprint density at radius 2 is 2.18 bits per heavy atom. The summed E-state index contributed by atoms with van der Waals surface area (Å²) in [6, 6.07) is 0. The Bertz CT molecular complexity index is 184. The summed E-state index contributed by atoms with van der Waals surface area (Å²) in [6.45, 7) is 0.997. The van der Waals surface area contributed by atoms with E-state index in [-0.39, 0.29) is 0 Å². The minimum Gasteiger partial charge on any atom is -0.424 e. The number of rotatable bonds is 1. The zero-order valence-corrected chi connectivity index (χ0v) is 5.51. The fourth-order valence-electron chi connectivity index (χ4n) is 0.681. The van der Waals surface area contributed by atoms with Gasteiger partial charge in [0, 0.05) is 0 Å². The average molecular weight is 170 g/mol. The predicted octanol–water partition coefficient (Wildman–Crippen LogP) is 1.47. The van der Waals surface area contributed by atoms with E-state index in [9.17, 15) is 18.0 Å². The van der Waals surface area contributed by atoms with E-state index >= 15 is 0 Å². The topological polar surface area (TPSA) is 35.5 Å². The second-order valence-corrected chi connectivity index (χ2v) is 2.11. The fourth-order valence-corrected chi connectivity index (χ4v) is 0.681. The summed E-state index contributed by atoms with van der Waals surface area (Å²) in [5.41, 5.74) is 0. The third kappa shape index (κ3) is 1.12. The zero-order valence-electron chi connectivity index (χ0n) is 5.51. The Balaban J connectivity index is 2.78. The lowest BCUT2D eigenvalue weighted by Crippen LogP contribution is -2.40. The van der Waals surface area contributed by atoms with Gasteiger partial charge < -0.3 is 9.47 Å². The van der Waals surface area contributed by atoms with Gasteiger partial charge in [-0.2, -0.15) is 4.39 Å². The van der Waals surface area contributed by atoms with Crippen LogP contribution in [0.3, 0.4) is 0 Å². The quantitative estimate of drug-likeness (QED) is 0.559. The molecule has 3 nitrogen and oxygen atoms in total. The van der Waals surface area contributed by atoms with Crippen LogP contribution in [0, 0.1) is 0 Å². The number of ether oxygens (including phenoxy) is 2. The van der Waals surface area contributed by atoms with Gasteiger partial charge in [-0.3, -0.25) is 0 Å². The Hall–Kier alpha value is -0.940. The molecule has 1 fully saturated rings. The van der Waals surface area contributed by atoms with Crippen LogP contribution >= 0.6 is 0 Å². The number of carbonyl (C=O) groups is 1. The second-order valence-electron chi connectivity index (χ2n) is 2.11. The molecule has 0 saturated carbocycles. The number of cyclic esters (lactones) is 2. The van der Waals surface area contributed by atoms with Crippen molar-refractivity contribution in [1.82, 2.24) is 0 Å². The Kier molecular flexibility index (Phi) is 1.69. The molecule has 0 radical (unpaired) electrons. The van der Waals surface area contributed by atoms with Gasteiger partial charge in [0.2, 0.25) is 0 Å². The molecule has 1 rings (SSSR count). The highest BCUT2D eigenvalue weighted by molar-refractivity contribution is 5.63. The summed E-state index contributed by atoms with van der Waals surface area (Å²) in [5, 5.41) is 0. The van der Waals surface area contributed by atoms with Crippen molar-refractivity contribution in [2.24, 2.45) is 0 Å². The maximum atomic E-state index is 12.8. The minimum atomic E-state index is -3.39. The van der Waals surface area contributed by atoms with E-state index in [0.29, 0.717) is 0 Å². The molecule has 0 amide bonds. The first-order chi connectivity index (χ1) is 4.97.